The van der Waals surface area contributed by atoms with Crippen LogP contribution >= 0.6 is 0 Å². The van der Waals surface area contributed by atoms with Gasteiger partial charge in [0.2, 0.25) is 0 Å². The molecule has 15 heavy (non-hydrogen) atoms. The molecule has 0 nitrogen and oxygen atoms in total. The molecule has 0 spiro atoms. The van der Waals surface area contributed by atoms with Crippen molar-refractivity contribution in [3.8, 4) is 0 Å². The maximum atomic E-state index is 12.0. The normalized spacial score (nSPS) is 12.7. The van der Waals surface area contributed by atoms with Gasteiger partial charge in [0.1, 0.15) is 0 Å². The van der Waals surface area contributed by atoms with E-state index >= 15 is 0 Å². The fourth-order valence-electron chi connectivity index (χ4n) is 1.37. The number of halogens is 3. The fraction of sp³-hybridized carbons (Fsp3) is 0.333. The molecule has 0 bridgehead atoms. The lowest BCUT2D eigenvalue weighted by atomic mass is 9.97. The lowest BCUT2D eigenvalue weighted by molar-refractivity contribution is -0.0790. The van der Waals surface area contributed by atoms with Crippen LogP contribution in [0.4, 0.5) is 13.2 Å². The summed E-state index contributed by atoms with van der Waals surface area (Å²) in [6, 6.07) is 7.11. The standard InChI is InChI=1S/C12H13F3/c1-9(2)11-6-4-3-5-10(11)7-8-12(13,14)15/h3-9H,1-2H3/b8-7+. The van der Waals surface area contributed by atoms with Crippen LogP contribution in [-0.2, 0) is 0 Å². The monoisotopic (exact) mass is 214 g/mol. The van der Waals surface area contributed by atoms with Crippen molar-refractivity contribution in [1.82, 2.24) is 0 Å². The molecule has 0 atom stereocenters. The second-order valence-corrected chi connectivity index (χ2v) is 3.66. The van der Waals surface area contributed by atoms with Crippen molar-refractivity contribution in [2.45, 2.75) is 25.9 Å². The van der Waals surface area contributed by atoms with E-state index in [0.29, 0.717) is 5.56 Å². The first-order chi connectivity index (χ1) is 6.90. The van der Waals surface area contributed by atoms with Crippen molar-refractivity contribution >= 4 is 6.08 Å². The van der Waals surface area contributed by atoms with Crippen LogP contribution in [0.3, 0.4) is 0 Å². The molecule has 3 heteroatoms. The van der Waals surface area contributed by atoms with Gasteiger partial charge >= 0.3 is 6.18 Å². The zero-order chi connectivity index (χ0) is 11.5. The highest BCUT2D eigenvalue weighted by Crippen LogP contribution is 2.23. The summed E-state index contributed by atoms with van der Waals surface area (Å²) in [5.74, 6) is 0.221. The van der Waals surface area contributed by atoms with Crippen molar-refractivity contribution in [2.75, 3.05) is 0 Å². The molecule has 0 saturated carbocycles. The number of allylic oxidation sites excluding steroid dienone is 1. The van der Waals surface area contributed by atoms with Gasteiger partial charge in [-0.05, 0) is 23.1 Å². The Labute approximate surface area is 87.4 Å². The third kappa shape index (κ3) is 3.78. The first-order valence-corrected chi connectivity index (χ1v) is 4.75. The van der Waals surface area contributed by atoms with Crippen LogP contribution in [0.25, 0.3) is 6.08 Å². The molecule has 0 N–H and O–H groups in total. The van der Waals surface area contributed by atoms with Crippen LogP contribution in [0.1, 0.15) is 30.9 Å². The van der Waals surface area contributed by atoms with Crippen LogP contribution in [0, 0.1) is 0 Å². The van der Waals surface area contributed by atoms with Gasteiger partial charge in [0.25, 0.3) is 0 Å². The maximum absolute atomic E-state index is 12.0. The largest absolute Gasteiger partial charge is 0.409 e. The van der Waals surface area contributed by atoms with Gasteiger partial charge in [0, 0.05) is 6.08 Å². The molecule has 0 aliphatic rings. The second kappa shape index (κ2) is 4.51. The van der Waals surface area contributed by atoms with Gasteiger partial charge in [-0.2, -0.15) is 13.2 Å². The Hall–Kier alpha value is -1.25. The molecule has 0 aromatic heterocycles. The van der Waals surface area contributed by atoms with Crippen molar-refractivity contribution in [3.05, 3.63) is 41.5 Å². The summed E-state index contributed by atoms with van der Waals surface area (Å²) < 4.78 is 36.0. The first kappa shape index (κ1) is 11.8. The molecule has 0 radical (unpaired) electrons. The van der Waals surface area contributed by atoms with Crippen LogP contribution in [0.5, 0.6) is 0 Å². The SMILES string of the molecule is CC(C)c1ccccc1/C=C/C(F)(F)F. The summed E-state index contributed by atoms with van der Waals surface area (Å²) >= 11 is 0. The number of hydrogen-bond donors (Lipinski definition) is 0. The number of alkyl halides is 3. The highest BCUT2D eigenvalue weighted by Gasteiger charge is 2.22. The van der Waals surface area contributed by atoms with Gasteiger partial charge in [-0.1, -0.05) is 38.1 Å². The molecular weight excluding hydrogens is 201 g/mol. The minimum atomic E-state index is -4.25. The van der Waals surface area contributed by atoms with E-state index in [0.717, 1.165) is 11.6 Å². The van der Waals surface area contributed by atoms with E-state index < -0.39 is 6.18 Å². The molecular formula is C12H13F3. The van der Waals surface area contributed by atoms with Crippen LogP contribution in [-0.4, -0.2) is 6.18 Å². The molecule has 0 unspecified atom stereocenters. The Kier molecular flexibility index (Phi) is 3.56. The molecule has 1 aromatic rings. The lowest BCUT2D eigenvalue weighted by Gasteiger charge is -2.09. The van der Waals surface area contributed by atoms with Gasteiger partial charge in [-0.25, -0.2) is 0 Å². The van der Waals surface area contributed by atoms with E-state index in [1.807, 2.05) is 26.0 Å². The van der Waals surface area contributed by atoms with E-state index in [9.17, 15) is 13.2 Å². The molecule has 0 saturated heterocycles. The van der Waals surface area contributed by atoms with Crippen LogP contribution in [0.15, 0.2) is 30.3 Å². The van der Waals surface area contributed by atoms with E-state index in [1.54, 1.807) is 12.1 Å². The highest BCUT2D eigenvalue weighted by molar-refractivity contribution is 5.55. The molecule has 0 aliphatic carbocycles. The lowest BCUT2D eigenvalue weighted by Crippen LogP contribution is -2.01. The van der Waals surface area contributed by atoms with Crippen molar-refractivity contribution in [3.63, 3.8) is 0 Å². The Bertz CT molecular complexity index is 348. The predicted octanol–water partition coefficient (Wildman–Crippen LogP) is 4.39. The molecule has 0 heterocycles. The molecule has 82 valence electrons. The number of hydrogen-bond acceptors (Lipinski definition) is 0. The average molecular weight is 214 g/mol. The summed E-state index contributed by atoms with van der Waals surface area (Å²) in [5, 5.41) is 0. The maximum Gasteiger partial charge on any atom is 0.409 e. The second-order valence-electron chi connectivity index (χ2n) is 3.66. The van der Waals surface area contributed by atoms with Gasteiger partial charge in [-0.15, -0.1) is 0 Å². The van der Waals surface area contributed by atoms with E-state index in [2.05, 4.69) is 0 Å². The zero-order valence-corrected chi connectivity index (χ0v) is 8.68. The first-order valence-electron chi connectivity index (χ1n) is 4.75. The highest BCUT2D eigenvalue weighted by atomic mass is 19.4. The Morgan fingerprint density at radius 3 is 2.27 bits per heavy atom. The molecule has 1 aromatic carbocycles. The third-order valence-corrected chi connectivity index (χ3v) is 2.07. The smallest absolute Gasteiger partial charge is 0.167 e. The van der Waals surface area contributed by atoms with Gasteiger partial charge in [-0.3, -0.25) is 0 Å². The average Bonchev–Trinajstić information content (AvgIpc) is 2.14. The molecule has 0 fully saturated rings. The molecule has 0 amide bonds. The van der Waals surface area contributed by atoms with Crippen molar-refractivity contribution in [1.29, 1.82) is 0 Å². The van der Waals surface area contributed by atoms with Crippen LogP contribution in [0.2, 0.25) is 0 Å². The van der Waals surface area contributed by atoms with E-state index in [1.165, 1.54) is 0 Å². The fourth-order valence-corrected chi connectivity index (χ4v) is 1.37. The van der Waals surface area contributed by atoms with Gasteiger partial charge in [0.15, 0.2) is 0 Å². The minimum absolute atomic E-state index is 0.221. The summed E-state index contributed by atoms with van der Waals surface area (Å²) in [5.41, 5.74) is 1.56. The number of benzene rings is 1. The molecule has 1 rings (SSSR count). The summed E-state index contributed by atoms with van der Waals surface area (Å²) in [6.07, 6.45) is -2.85. The topological polar surface area (TPSA) is 0 Å². The van der Waals surface area contributed by atoms with Crippen LogP contribution < -0.4 is 0 Å². The third-order valence-electron chi connectivity index (χ3n) is 2.07. The summed E-state index contributed by atoms with van der Waals surface area (Å²) in [4.78, 5) is 0. The minimum Gasteiger partial charge on any atom is -0.167 e. The summed E-state index contributed by atoms with van der Waals surface area (Å²) in [7, 11) is 0. The zero-order valence-electron chi connectivity index (χ0n) is 8.68. The Balaban J connectivity index is 2.99. The van der Waals surface area contributed by atoms with E-state index in [-0.39, 0.29) is 12.0 Å². The number of rotatable bonds is 2. The summed E-state index contributed by atoms with van der Waals surface area (Å²) in [6.45, 7) is 3.92. The quantitative estimate of drug-likeness (QED) is 0.685. The molecule has 0 aliphatic heterocycles. The Morgan fingerprint density at radius 1 is 1.13 bits per heavy atom. The van der Waals surface area contributed by atoms with Gasteiger partial charge < -0.3 is 0 Å². The van der Waals surface area contributed by atoms with Crippen molar-refractivity contribution in [2.24, 2.45) is 0 Å². The predicted molar refractivity (Wildman–Crippen MR) is 55.6 cm³/mol. The Morgan fingerprint density at radius 2 is 1.73 bits per heavy atom. The van der Waals surface area contributed by atoms with Gasteiger partial charge in [0.05, 0.1) is 0 Å². The van der Waals surface area contributed by atoms with Crippen molar-refractivity contribution < 1.29 is 13.2 Å². The van der Waals surface area contributed by atoms with E-state index in [4.69, 9.17) is 0 Å².